The standard InChI is InChI=1S/C14H21BrOS/c1-10-9-12(17-14(10)15)13(16)11-7-5-3-2-4-6-8-11/h9,11,13,16H,2-8H2,1H3. The van der Waals surface area contributed by atoms with Crippen molar-refractivity contribution in [2.45, 2.75) is 58.0 Å². The molecular weight excluding hydrogens is 296 g/mol. The molecule has 2 rings (SSSR count). The second-order valence-corrected chi connectivity index (χ2v) is 7.56. The van der Waals surface area contributed by atoms with Gasteiger partial charge in [-0.05, 0) is 53.2 Å². The van der Waals surface area contributed by atoms with Crippen LogP contribution in [-0.4, -0.2) is 5.11 Å². The number of halogens is 1. The zero-order valence-corrected chi connectivity index (χ0v) is 12.8. The van der Waals surface area contributed by atoms with Crippen molar-refractivity contribution in [1.82, 2.24) is 0 Å². The summed E-state index contributed by atoms with van der Waals surface area (Å²) in [7, 11) is 0. The van der Waals surface area contributed by atoms with Gasteiger partial charge in [0.1, 0.15) is 0 Å². The average molecular weight is 317 g/mol. The second kappa shape index (κ2) is 6.35. The van der Waals surface area contributed by atoms with E-state index in [-0.39, 0.29) is 6.10 Å². The van der Waals surface area contributed by atoms with E-state index < -0.39 is 0 Å². The van der Waals surface area contributed by atoms with Gasteiger partial charge in [0.25, 0.3) is 0 Å². The van der Waals surface area contributed by atoms with Crippen molar-refractivity contribution in [2.24, 2.45) is 5.92 Å². The molecule has 1 heterocycles. The zero-order chi connectivity index (χ0) is 12.3. The van der Waals surface area contributed by atoms with Crippen LogP contribution in [0.5, 0.6) is 0 Å². The van der Waals surface area contributed by atoms with E-state index in [1.807, 2.05) is 0 Å². The third-order valence-electron chi connectivity index (χ3n) is 3.76. The summed E-state index contributed by atoms with van der Waals surface area (Å²) in [5.74, 6) is 0.472. The number of aryl methyl sites for hydroxylation is 1. The zero-order valence-electron chi connectivity index (χ0n) is 10.4. The molecule has 1 aliphatic rings. The molecule has 1 aromatic rings. The highest BCUT2D eigenvalue weighted by Gasteiger charge is 2.23. The van der Waals surface area contributed by atoms with Gasteiger partial charge in [0.05, 0.1) is 9.89 Å². The van der Waals surface area contributed by atoms with E-state index in [4.69, 9.17) is 0 Å². The molecule has 0 bridgehead atoms. The number of thiophene rings is 1. The third kappa shape index (κ3) is 3.55. The molecular formula is C14H21BrOS. The van der Waals surface area contributed by atoms with E-state index in [9.17, 15) is 5.11 Å². The van der Waals surface area contributed by atoms with Crippen molar-refractivity contribution >= 4 is 27.3 Å². The highest BCUT2D eigenvalue weighted by molar-refractivity contribution is 9.11. The topological polar surface area (TPSA) is 20.2 Å². The molecule has 1 fully saturated rings. The summed E-state index contributed by atoms with van der Waals surface area (Å²) >= 11 is 5.24. The minimum atomic E-state index is -0.247. The Bertz CT molecular complexity index is 334. The van der Waals surface area contributed by atoms with Gasteiger partial charge >= 0.3 is 0 Å². The molecule has 1 unspecified atom stereocenters. The molecule has 0 saturated heterocycles. The minimum absolute atomic E-state index is 0.247. The van der Waals surface area contributed by atoms with Gasteiger partial charge in [0.15, 0.2) is 0 Å². The SMILES string of the molecule is Cc1cc(C(O)C2CCCCCCC2)sc1Br. The highest BCUT2D eigenvalue weighted by Crippen LogP contribution is 2.38. The predicted molar refractivity (Wildman–Crippen MR) is 77.5 cm³/mol. The average Bonchev–Trinajstić information content (AvgIpc) is 2.58. The smallest absolute Gasteiger partial charge is 0.0910 e. The number of hydrogen-bond acceptors (Lipinski definition) is 2. The van der Waals surface area contributed by atoms with Crippen LogP contribution in [0.4, 0.5) is 0 Å². The summed E-state index contributed by atoms with van der Waals surface area (Å²) in [6.45, 7) is 2.09. The summed E-state index contributed by atoms with van der Waals surface area (Å²) in [4.78, 5) is 1.14. The van der Waals surface area contributed by atoms with Crippen LogP contribution in [0.2, 0.25) is 0 Å². The van der Waals surface area contributed by atoms with Gasteiger partial charge in [-0.25, -0.2) is 0 Å². The van der Waals surface area contributed by atoms with E-state index in [2.05, 4.69) is 28.9 Å². The first-order valence-corrected chi connectivity index (χ1v) is 8.23. The van der Waals surface area contributed by atoms with Gasteiger partial charge < -0.3 is 5.11 Å². The van der Waals surface area contributed by atoms with Crippen molar-refractivity contribution in [3.8, 4) is 0 Å². The molecule has 96 valence electrons. The third-order valence-corrected chi connectivity index (χ3v) is 5.97. The van der Waals surface area contributed by atoms with Gasteiger partial charge in [-0.2, -0.15) is 0 Å². The number of aliphatic hydroxyl groups is 1. The fourth-order valence-electron chi connectivity index (χ4n) is 2.67. The lowest BCUT2D eigenvalue weighted by Gasteiger charge is -2.24. The number of hydrogen-bond donors (Lipinski definition) is 1. The van der Waals surface area contributed by atoms with Crippen LogP contribution in [0.1, 0.15) is 61.5 Å². The molecule has 0 amide bonds. The maximum Gasteiger partial charge on any atom is 0.0910 e. The van der Waals surface area contributed by atoms with E-state index in [0.717, 1.165) is 8.66 Å². The Morgan fingerprint density at radius 3 is 2.35 bits per heavy atom. The summed E-state index contributed by atoms with van der Waals surface area (Å²) in [5.41, 5.74) is 1.25. The van der Waals surface area contributed by atoms with Gasteiger partial charge in [-0.1, -0.05) is 32.1 Å². The summed E-state index contributed by atoms with van der Waals surface area (Å²) in [5, 5.41) is 10.5. The van der Waals surface area contributed by atoms with E-state index in [1.54, 1.807) is 11.3 Å². The molecule has 3 heteroatoms. The van der Waals surface area contributed by atoms with Crippen molar-refractivity contribution in [3.05, 3.63) is 20.3 Å². The van der Waals surface area contributed by atoms with Crippen LogP contribution in [-0.2, 0) is 0 Å². The van der Waals surface area contributed by atoms with Crippen molar-refractivity contribution in [1.29, 1.82) is 0 Å². The first-order valence-electron chi connectivity index (χ1n) is 6.62. The lowest BCUT2D eigenvalue weighted by molar-refractivity contribution is 0.0944. The molecule has 1 nitrogen and oxygen atoms in total. The van der Waals surface area contributed by atoms with E-state index in [1.165, 1.54) is 50.5 Å². The molecule has 17 heavy (non-hydrogen) atoms. The van der Waals surface area contributed by atoms with Gasteiger partial charge in [-0.15, -0.1) is 11.3 Å². The Morgan fingerprint density at radius 1 is 1.24 bits per heavy atom. The van der Waals surface area contributed by atoms with Gasteiger partial charge in [-0.3, -0.25) is 0 Å². The summed E-state index contributed by atoms with van der Waals surface area (Å²) in [6, 6.07) is 2.14. The van der Waals surface area contributed by atoms with Gasteiger partial charge in [0, 0.05) is 4.88 Å². The normalized spacial score (nSPS) is 20.9. The molecule has 1 atom stereocenters. The number of rotatable bonds is 2. The van der Waals surface area contributed by atoms with Crippen molar-refractivity contribution in [3.63, 3.8) is 0 Å². The van der Waals surface area contributed by atoms with Crippen LogP contribution < -0.4 is 0 Å². The van der Waals surface area contributed by atoms with Crippen molar-refractivity contribution in [2.75, 3.05) is 0 Å². The lowest BCUT2D eigenvalue weighted by Crippen LogP contribution is -2.13. The van der Waals surface area contributed by atoms with E-state index in [0.29, 0.717) is 5.92 Å². The quantitative estimate of drug-likeness (QED) is 0.793. The number of aliphatic hydroxyl groups excluding tert-OH is 1. The Morgan fingerprint density at radius 2 is 1.82 bits per heavy atom. The summed E-state index contributed by atoms with van der Waals surface area (Å²) in [6.07, 6.45) is 8.77. The second-order valence-electron chi connectivity index (χ2n) is 5.16. The largest absolute Gasteiger partial charge is 0.387 e. The predicted octanol–water partition coefficient (Wildman–Crippen LogP) is 5.21. The molecule has 0 aromatic carbocycles. The molecule has 1 aliphatic carbocycles. The van der Waals surface area contributed by atoms with Crippen LogP contribution in [0.15, 0.2) is 9.85 Å². The van der Waals surface area contributed by atoms with Crippen LogP contribution >= 0.6 is 27.3 Å². The maximum atomic E-state index is 10.5. The Labute approximate surface area is 116 Å². The lowest BCUT2D eigenvalue weighted by atomic mass is 9.86. The molecule has 0 spiro atoms. The molecule has 1 N–H and O–H groups in total. The van der Waals surface area contributed by atoms with Gasteiger partial charge in [0.2, 0.25) is 0 Å². The Kier molecular flexibility index (Phi) is 5.07. The van der Waals surface area contributed by atoms with Crippen LogP contribution in [0.3, 0.4) is 0 Å². The molecule has 0 aliphatic heterocycles. The van der Waals surface area contributed by atoms with E-state index >= 15 is 0 Å². The summed E-state index contributed by atoms with van der Waals surface area (Å²) < 4.78 is 1.16. The highest BCUT2D eigenvalue weighted by atomic mass is 79.9. The fourth-order valence-corrected chi connectivity index (χ4v) is 4.32. The van der Waals surface area contributed by atoms with Crippen LogP contribution in [0.25, 0.3) is 0 Å². The molecule has 1 aromatic heterocycles. The molecule has 0 radical (unpaired) electrons. The van der Waals surface area contributed by atoms with Crippen molar-refractivity contribution < 1.29 is 5.11 Å². The monoisotopic (exact) mass is 316 g/mol. The Balaban J connectivity index is 2.04. The fraction of sp³-hybridized carbons (Fsp3) is 0.714. The Hall–Kier alpha value is 0.140. The van der Waals surface area contributed by atoms with Crippen LogP contribution in [0, 0.1) is 12.8 Å². The maximum absolute atomic E-state index is 10.5. The first-order chi connectivity index (χ1) is 8.18. The first kappa shape index (κ1) is 13.6. The minimum Gasteiger partial charge on any atom is -0.387 e. The molecule has 1 saturated carbocycles.